The lowest BCUT2D eigenvalue weighted by Gasteiger charge is -2.28. The average Bonchev–Trinajstić information content (AvgIpc) is 3.06. The maximum absolute atomic E-state index is 12.5. The summed E-state index contributed by atoms with van der Waals surface area (Å²) in [5.74, 6) is -1.16. The number of aliphatic carboxylic acids is 1. The van der Waals surface area contributed by atoms with Gasteiger partial charge in [-0.05, 0) is 54.2 Å². The van der Waals surface area contributed by atoms with Crippen LogP contribution in [0.25, 0.3) is 0 Å². The number of aryl methyl sites for hydroxylation is 2. The summed E-state index contributed by atoms with van der Waals surface area (Å²) in [6, 6.07) is 8.25. The van der Waals surface area contributed by atoms with Gasteiger partial charge in [0.25, 0.3) is 0 Å². The molecule has 0 radical (unpaired) electrons. The lowest BCUT2D eigenvalue weighted by Crippen LogP contribution is -2.33. The van der Waals surface area contributed by atoms with Crippen LogP contribution >= 0.6 is 0 Å². The van der Waals surface area contributed by atoms with Gasteiger partial charge in [-0.2, -0.15) is 0 Å². The van der Waals surface area contributed by atoms with Gasteiger partial charge in [-0.3, -0.25) is 9.59 Å². The second-order valence-electron chi connectivity index (χ2n) is 9.09. The Balaban J connectivity index is 1.58. The molecule has 9 nitrogen and oxygen atoms in total. The van der Waals surface area contributed by atoms with Crippen molar-refractivity contribution in [2.45, 2.75) is 52.6 Å². The number of benzene rings is 2. The Hall–Kier alpha value is -3.37. The molecule has 0 aromatic heterocycles. The van der Waals surface area contributed by atoms with Crippen molar-refractivity contribution in [3.63, 3.8) is 0 Å². The number of carbonyl (C=O) groups is 3. The fourth-order valence-corrected chi connectivity index (χ4v) is 4.26. The molecule has 10 heteroatoms. The first-order chi connectivity index (χ1) is 16.0. The van der Waals surface area contributed by atoms with E-state index in [1.807, 2.05) is 19.9 Å². The number of carboxylic acid groups (broad SMARTS) is 1. The lowest BCUT2D eigenvalue weighted by molar-refractivity contribution is -0.138. The summed E-state index contributed by atoms with van der Waals surface area (Å²) in [4.78, 5) is 36.0. The van der Waals surface area contributed by atoms with E-state index in [9.17, 15) is 24.5 Å². The summed E-state index contributed by atoms with van der Waals surface area (Å²) < 4.78 is 10.7. The largest absolute Gasteiger partial charge is 0.491 e. The number of fused-ring (bicyclic) bond motifs is 1. The molecule has 2 aromatic rings. The van der Waals surface area contributed by atoms with Crippen molar-refractivity contribution in [2.24, 2.45) is 0 Å². The Bertz CT molecular complexity index is 1120. The minimum Gasteiger partial charge on any atom is -0.481 e. The van der Waals surface area contributed by atoms with E-state index in [1.165, 1.54) is 0 Å². The molecule has 0 aliphatic carbocycles. The Labute approximate surface area is 198 Å². The quantitative estimate of drug-likeness (QED) is 0.266. The van der Waals surface area contributed by atoms with Crippen LogP contribution in [0.4, 0.5) is 10.5 Å². The third-order valence-electron chi connectivity index (χ3n) is 5.62. The Morgan fingerprint density at radius 3 is 2.62 bits per heavy atom. The third-order valence-corrected chi connectivity index (χ3v) is 5.62. The summed E-state index contributed by atoms with van der Waals surface area (Å²) in [5.41, 5.74) is 3.61. The number of anilines is 1. The van der Waals surface area contributed by atoms with E-state index in [0.29, 0.717) is 29.1 Å². The van der Waals surface area contributed by atoms with E-state index < -0.39 is 30.5 Å². The second kappa shape index (κ2) is 10.3. The first kappa shape index (κ1) is 25.3. The van der Waals surface area contributed by atoms with Crippen LogP contribution in [-0.2, 0) is 26.3 Å². The van der Waals surface area contributed by atoms with Crippen LogP contribution < -0.4 is 20.8 Å². The molecule has 0 bridgehead atoms. The molecule has 0 spiro atoms. The Kier molecular flexibility index (Phi) is 7.63. The molecule has 0 fully saturated rings. The Morgan fingerprint density at radius 1 is 1.18 bits per heavy atom. The van der Waals surface area contributed by atoms with Crippen LogP contribution in [0.5, 0.6) is 5.75 Å². The SMILES string of the molecule is Cc1cc(C)c(C(C)(C)CC(=O)O)c(OC(=O)CCNC(=O)Nc2ccc3c(c2)B(O)OC3)c1. The van der Waals surface area contributed by atoms with Gasteiger partial charge in [0.2, 0.25) is 0 Å². The van der Waals surface area contributed by atoms with E-state index in [-0.39, 0.29) is 19.4 Å². The van der Waals surface area contributed by atoms with Gasteiger partial charge < -0.3 is 30.2 Å². The van der Waals surface area contributed by atoms with Gasteiger partial charge in [0, 0.05) is 23.2 Å². The van der Waals surface area contributed by atoms with Crippen molar-refractivity contribution < 1.29 is 33.9 Å². The fourth-order valence-electron chi connectivity index (χ4n) is 4.26. The van der Waals surface area contributed by atoms with Gasteiger partial charge in [0.1, 0.15) is 5.75 Å². The van der Waals surface area contributed by atoms with Crippen molar-refractivity contribution in [1.82, 2.24) is 5.32 Å². The van der Waals surface area contributed by atoms with Gasteiger partial charge in [-0.25, -0.2) is 4.79 Å². The maximum atomic E-state index is 12.5. The highest BCUT2D eigenvalue weighted by atomic mass is 16.5. The topological polar surface area (TPSA) is 134 Å². The van der Waals surface area contributed by atoms with Crippen molar-refractivity contribution in [3.05, 3.63) is 52.6 Å². The zero-order valence-corrected chi connectivity index (χ0v) is 19.7. The first-order valence-corrected chi connectivity index (χ1v) is 11.0. The zero-order chi connectivity index (χ0) is 25.0. The summed E-state index contributed by atoms with van der Waals surface area (Å²) in [6.45, 7) is 7.69. The molecule has 34 heavy (non-hydrogen) atoms. The number of hydrogen-bond acceptors (Lipinski definition) is 6. The molecule has 1 aliphatic rings. The van der Waals surface area contributed by atoms with Crippen molar-refractivity contribution >= 4 is 36.2 Å². The monoisotopic (exact) mass is 468 g/mol. The third kappa shape index (κ3) is 6.15. The lowest BCUT2D eigenvalue weighted by atomic mass is 9.78. The Morgan fingerprint density at radius 2 is 1.91 bits per heavy atom. The van der Waals surface area contributed by atoms with Crippen molar-refractivity contribution in [2.75, 3.05) is 11.9 Å². The maximum Gasteiger partial charge on any atom is 0.491 e. The standard InChI is InChI=1S/C24H29BN2O7/c1-14-9-15(2)22(24(3,4)12-20(28)29)19(10-14)34-21(30)7-8-26-23(31)27-17-6-5-16-13-33-25(32)18(16)11-17/h5-6,9-11,32H,7-8,12-13H2,1-4H3,(H,28,29)(H2,26,27,31). The number of amides is 2. The van der Waals surface area contributed by atoms with E-state index in [1.54, 1.807) is 38.1 Å². The highest BCUT2D eigenvalue weighted by Gasteiger charge is 2.30. The van der Waals surface area contributed by atoms with Crippen LogP contribution in [0.3, 0.4) is 0 Å². The van der Waals surface area contributed by atoms with E-state index in [4.69, 9.17) is 9.39 Å². The molecule has 1 heterocycles. The normalized spacial score (nSPS) is 12.8. The molecular formula is C24H29BN2O7. The molecule has 4 N–H and O–H groups in total. The molecule has 0 saturated carbocycles. The molecule has 0 atom stereocenters. The van der Waals surface area contributed by atoms with Crippen LogP contribution in [-0.4, -0.2) is 41.8 Å². The number of rotatable bonds is 8. The highest BCUT2D eigenvalue weighted by molar-refractivity contribution is 6.61. The predicted molar refractivity (Wildman–Crippen MR) is 127 cm³/mol. The summed E-state index contributed by atoms with van der Waals surface area (Å²) >= 11 is 0. The summed E-state index contributed by atoms with van der Waals surface area (Å²) in [6.07, 6.45) is -0.190. The summed E-state index contributed by atoms with van der Waals surface area (Å²) in [5, 5.41) is 24.3. The smallest absolute Gasteiger partial charge is 0.481 e. The average molecular weight is 468 g/mol. The van der Waals surface area contributed by atoms with Crippen LogP contribution in [0, 0.1) is 13.8 Å². The predicted octanol–water partition coefficient (Wildman–Crippen LogP) is 2.39. The number of carbonyl (C=O) groups excluding carboxylic acids is 2. The molecular weight excluding hydrogens is 439 g/mol. The molecule has 1 aliphatic heterocycles. The zero-order valence-electron chi connectivity index (χ0n) is 19.7. The van der Waals surface area contributed by atoms with Gasteiger partial charge in [0.05, 0.1) is 19.4 Å². The number of hydrogen-bond donors (Lipinski definition) is 4. The van der Waals surface area contributed by atoms with E-state index in [0.717, 1.165) is 16.7 Å². The number of ether oxygens (including phenoxy) is 1. The van der Waals surface area contributed by atoms with Gasteiger partial charge in [-0.15, -0.1) is 0 Å². The molecule has 0 saturated heterocycles. The van der Waals surface area contributed by atoms with Crippen LogP contribution in [0.15, 0.2) is 30.3 Å². The fraction of sp³-hybridized carbons (Fsp3) is 0.375. The molecule has 3 rings (SSSR count). The molecule has 2 aromatic carbocycles. The first-order valence-electron chi connectivity index (χ1n) is 11.0. The van der Waals surface area contributed by atoms with Crippen LogP contribution in [0.2, 0.25) is 0 Å². The van der Waals surface area contributed by atoms with Crippen molar-refractivity contribution in [3.8, 4) is 5.75 Å². The second-order valence-corrected chi connectivity index (χ2v) is 9.09. The van der Waals surface area contributed by atoms with Crippen molar-refractivity contribution in [1.29, 1.82) is 0 Å². The van der Waals surface area contributed by atoms with Gasteiger partial charge in [-0.1, -0.05) is 26.0 Å². The van der Waals surface area contributed by atoms with Gasteiger partial charge >= 0.3 is 25.1 Å². The van der Waals surface area contributed by atoms with E-state index in [2.05, 4.69) is 10.6 Å². The minimum atomic E-state index is -1.01. The summed E-state index contributed by atoms with van der Waals surface area (Å²) in [7, 11) is -1.01. The van der Waals surface area contributed by atoms with E-state index >= 15 is 0 Å². The number of carboxylic acids is 1. The molecule has 2 amide bonds. The molecule has 0 unspecified atom stereocenters. The van der Waals surface area contributed by atoms with Crippen LogP contribution in [0.1, 0.15) is 48.9 Å². The highest BCUT2D eigenvalue weighted by Crippen LogP contribution is 2.38. The number of urea groups is 1. The minimum absolute atomic E-state index is 0.0417. The van der Waals surface area contributed by atoms with Gasteiger partial charge in [0.15, 0.2) is 0 Å². The number of esters is 1. The number of nitrogens with one attached hydrogen (secondary N) is 2. The molecule has 180 valence electrons.